The minimum atomic E-state index is -0.369. The molecule has 3 aromatic rings. The van der Waals surface area contributed by atoms with Crippen molar-refractivity contribution in [3.8, 4) is 11.5 Å². The largest absolute Gasteiger partial charge is 0.485 e. The number of hydrogen-bond acceptors (Lipinski definition) is 5. The normalized spacial score (nSPS) is 10.6. The van der Waals surface area contributed by atoms with Crippen molar-refractivity contribution in [2.75, 3.05) is 6.61 Å². The molecular weight excluding hydrogens is 464 g/mol. The SMILES string of the molecule is CCCCCCCC(=O)c1cc(OCc2ccccc2)c(OCc2ccccc2)cc1CC(=O)OCC. The summed E-state index contributed by atoms with van der Waals surface area (Å²) in [5, 5.41) is 0. The van der Waals surface area contributed by atoms with Gasteiger partial charge < -0.3 is 14.2 Å². The number of carbonyl (C=O) groups excluding carboxylic acids is 2. The van der Waals surface area contributed by atoms with E-state index in [2.05, 4.69) is 6.92 Å². The van der Waals surface area contributed by atoms with Gasteiger partial charge in [0, 0.05) is 12.0 Å². The predicted molar refractivity (Wildman–Crippen MR) is 146 cm³/mol. The Hall–Kier alpha value is -3.60. The van der Waals surface area contributed by atoms with Crippen LogP contribution >= 0.6 is 0 Å². The Morgan fingerprint density at radius 1 is 0.703 bits per heavy atom. The molecule has 0 saturated carbocycles. The molecule has 3 rings (SSSR count). The standard InChI is InChI=1S/C32H38O5/c1-3-5-6-7-14-19-29(33)28-22-31(37-24-26-17-12-9-13-18-26)30(20-27(28)21-32(34)35-4-2)36-23-25-15-10-8-11-16-25/h8-13,15-18,20,22H,3-7,14,19,21,23-24H2,1-2H3. The van der Waals surface area contributed by atoms with Crippen molar-refractivity contribution in [3.05, 3.63) is 95.1 Å². The fourth-order valence-corrected chi connectivity index (χ4v) is 4.10. The molecule has 0 aromatic heterocycles. The second kappa shape index (κ2) is 15.5. The summed E-state index contributed by atoms with van der Waals surface area (Å²) in [6.07, 6.45) is 5.73. The first kappa shape index (κ1) is 28.0. The summed E-state index contributed by atoms with van der Waals surface area (Å²) in [4.78, 5) is 25.7. The highest BCUT2D eigenvalue weighted by Gasteiger charge is 2.20. The Kier molecular flexibility index (Phi) is 11.7. The van der Waals surface area contributed by atoms with E-state index in [1.165, 1.54) is 6.42 Å². The summed E-state index contributed by atoms with van der Waals surface area (Å²) in [6, 6.07) is 23.2. The number of Topliss-reactive ketones (excluding diaryl/α,β-unsaturated/α-hetero) is 1. The number of benzene rings is 3. The van der Waals surface area contributed by atoms with E-state index in [0.29, 0.717) is 42.3 Å². The number of ketones is 1. The first-order valence-corrected chi connectivity index (χ1v) is 13.3. The number of esters is 1. The number of ether oxygens (including phenoxy) is 3. The molecule has 0 N–H and O–H groups in total. The minimum absolute atomic E-state index is 0.00537. The van der Waals surface area contributed by atoms with Crippen LogP contribution in [-0.2, 0) is 29.2 Å². The van der Waals surface area contributed by atoms with Crippen molar-refractivity contribution in [1.82, 2.24) is 0 Å². The summed E-state index contributed by atoms with van der Waals surface area (Å²) in [6.45, 7) is 4.91. The van der Waals surface area contributed by atoms with Gasteiger partial charge in [0.15, 0.2) is 17.3 Å². The van der Waals surface area contributed by atoms with Crippen LogP contribution in [0.4, 0.5) is 0 Å². The quantitative estimate of drug-likeness (QED) is 0.115. The van der Waals surface area contributed by atoms with E-state index in [4.69, 9.17) is 14.2 Å². The fraction of sp³-hybridized carbons (Fsp3) is 0.375. The summed E-state index contributed by atoms with van der Waals surface area (Å²) in [7, 11) is 0. The van der Waals surface area contributed by atoms with E-state index in [1.807, 2.05) is 60.7 Å². The van der Waals surface area contributed by atoms with Crippen LogP contribution in [0.25, 0.3) is 0 Å². The summed E-state index contributed by atoms with van der Waals surface area (Å²) >= 11 is 0. The lowest BCUT2D eigenvalue weighted by Crippen LogP contribution is -2.13. The third kappa shape index (κ3) is 9.41. The number of hydrogen-bond donors (Lipinski definition) is 0. The van der Waals surface area contributed by atoms with E-state index in [9.17, 15) is 9.59 Å². The first-order chi connectivity index (χ1) is 18.1. The molecule has 0 aliphatic heterocycles. The van der Waals surface area contributed by atoms with Gasteiger partial charge in [-0.05, 0) is 42.2 Å². The molecule has 0 fully saturated rings. The molecule has 0 heterocycles. The third-order valence-corrected chi connectivity index (χ3v) is 6.09. The van der Waals surface area contributed by atoms with Crippen LogP contribution in [-0.4, -0.2) is 18.4 Å². The van der Waals surface area contributed by atoms with Crippen LogP contribution in [0.2, 0.25) is 0 Å². The molecule has 0 aliphatic carbocycles. The lowest BCUT2D eigenvalue weighted by molar-refractivity contribution is -0.142. The Labute approximate surface area is 220 Å². The molecular formula is C32H38O5. The molecule has 37 heavy (non-hydrogen) atoms. The molecule has 0 spiro atoms. The highest BCUT2D eigenvalue weighted by Crippen LogP contribution is 2.34. The molecule has 0 radical (unpaired) electrons. The maximum atomic E-state index is 13.3. The van der Waals surface area contributed by atoms with Crippen LogP contribution in [0.15, 0.2) is 72.8 Å². The summed E-state index contributed by atoms with van der Waals surface area (Å²) in [5.41, 5.74) is 3.12. The van der Waals surface area contributed by atoms with Gasteiger partial charge in [0.2, 0.25) is 0 Å². The van der Waals surface area contributed by atoms with Crippen molar-refractivity contribution in [1.29, 1.82) is 0 Å². The summed E-state index contributed by atoms with van der Waals surface area (Å²) < 4.78 is 17.5. The molecule has 0 saturated heterocycles. The van der Waals surface area contributed by atoms with Crippen molar-refractivity contribution >= 4 is 11.8 Å². The molecule has 0 unspecified atom stereocenters. The van der Waals surface area contributed by atoms with E-state index >= 15 is 0 Å². The van der Waals surface area contributed by atoms with Crippen molar-refractivity contribution in [2.24, 2.45) is 0 Å². The smallest absolute Gasteiger partial charge is 0.310 e. The monoisotopic (exact) mass is 502 g/mol. The molecule has 0 aliphatic rings. The van der Waals surface area contributed by atoms with Gasteiger partial charge >= 0.3 is 5.97 Å². The minimum Gasteiger partial charge on any atom is -0.485 e. The zero-order chi connectivity index (χ0) is 26.3. The Bertz CT molecular complexity index is 1110. The van der Waals surface area contributed by atoms with Crippen molar-refractivity contribution in [2.45, 2.75) is 72.0 Å². The van der Waals surface area contributed by atoms with E-state index in [-0.39, 0.29) is 24.8 Å². The van der Waals surface area contributed by atoms with Gasteiger partial charge in [-0.3, -0.25) is 9.59 Å². The van der Waals surface area contributed by atoms with Gasteiger partial charge in [0.25, 0.3) is 0 Å². The molecule has 5 heteroatoms. The number of rotatable bonds is 16. The van der Waals surface area contributed by atoms with Crippen molar-refractivity contribution in [3.63, 3.8) is 0 Å². The fourth-order valence-electron chi connectivity index (χ4n) is 4.10. The van der Waals surface area contributed by atoms with Gasteiger partial charge in [-0.15, -0.1) is 0 Å². The zero-order valence-electron chi connectivity index (χ0n) is 22.0. The maximum Gasteiger partial charge on any atom is 0.310 e. The van der Waals surface area contributed by atoms with Gasteiger partial charge in [-0.25, -0.2) is 0 Å². The number of unbranched alkanes of at least 4 members (excludes halogenated alkanes) is 4. The average molecular weight is 503 g/mol. The Morgan fingerprint density at radius 2 is 1.27 bits per heavy atom. The van der Waals surface area contributed by atoms with Gasteiger partial charge in [-0.1, -0.05) is 93.3 Å². The lowest BCUT2D eigenvalue weighted by atomic mass is 9.96. The molecule has 0 bridgehead atoms. The molecule has 0 amide bonds. The predicted octanol–water partition coefficient (Wildman–Crippen LogP) is 7.49. The highest BCUT2D eigenvalue weighted by atomic mass is 16.5. The van der Waals surface area contributed by atoms with E-state index in [0.717, 1.165) is 36.8 Å². The molecule has 5 nitrogen and oxygen atoms in total. The second-order valence-electron chi connectivity index (χ2n) is 9.07. The molecule has 0 atom stereocenters. The van der Waals surface area contributed by atoms with Crippen LogP contribution in [0.5, 0.6) is 11.5 Å². The molecule has 196 valence electrons. The lowest BCUT2D eigenvalue weighted by Gasteiger charge is -2.17. The van der Waals surface area contributed by atoms with Crippen LogP contribution < -0.4 is 9.47 Å². The third-order valence-electron chi connectivity index (χ3n) is 6.09. The zero-order valence-corrected chi connectivity index (χ0v) is 22.0. The maximum absolute atomic E-state index is 13.3. The van der Waals surface area contributed by atoms with Crippen LogP contribution in [0.3, 0.4) is 0 Å². The second-order valence-corrected chi connectivity index (χ2v) is 9.07. The topological polar surface area (TPSA) is 61.8 Å². The van der Waals surface area contributed by atoms with Crippen LogP contribution in [0.1, 0.15) is 79.4 Å². The van der Waals surface area contributed by atoms with Gasteiger partial charge in [0.05, 0.1) is 13.0 Å². The van der Waals surface area contributed by atoms with Gasteiger partial charge in [0.1, 0.15) is 13.2 Å². The number of carbonyl (C=O) groups is 2. The van der Waals surface area contributed by atoms with E-state index < -0.39 is 0 Å². The molecule has 3 aromatic carbocycles. The summed E-state index contributed by atoms with van der Waals surface area (Å²) in [5.74, 6) is 0.627. The Morgan fingerprint density at radius 3 is 1.84 bits per heavy atom. The highest BCUT2D eigenvalue weighted by molar-refractivity contribution is 5.99. The van der Waals surface area contributed by atoms with Crippen LogP contribution in [0, 0.1) is 0 Å². The average Bonchev–Trinajstić information content (AvgIpc) is 2.92. The first-order valence-electron chi connectivity index (χ1n) is 13.3. The van der Waals surface area contributed by atoms with Gasteiger partial charge in [-0.2, -0.15) is 0 Å². The van der Waals surface area contributed by atoms with E-state index in [1.54, 1.807) is 19.1 Å². The van der Waals surface area contributed by atoms with Crippen molar-refractivity contribution < 1.29 is 23.8 Å². The Balaban J connectivity index is 1.89.